The summed E-state index contributed by atoms with van der Waals surface area (Å²) in [5.74, 6) is -6.34. The van der Waals surface area contributed by atoms with Gasteiger partial charge >= 0.3 is 23.9 Å². The fourth-order valence-corrected chi connectivity index (χ4v) is 9.52. The lowest BCUT2D eigenvalue weighted by Crippen LogP contribution is -2.51. The van der Waals surface area contributed by atoms with Crippen LogP contribution >= 0.6 is 12.2 Å². The predicted molar refractivity (Wildman–Crippen MR) is 297 cm³/mol. The van der Waals surface area contributed by atoms with Gasteiger partial charge in [-0.15, -0.1) is 0 Å². The smallest absolute Gasteiger partial charge is 0.326 e. The molecule has 1 aliphatic rings. The average Bonchev–Trinajstić information content (AvgIpc) is 3.44. The summed E-state index contributed by atoms with van der Waals surface area (Å²) in [5, 5.41) is 47.4. The van der Waals surface area contributed by atoms with E-state index >= 15 is 0 Å². The average molecular weight is 1120 g/mol. The number of hydrogen-bond donors (Lipinski definition) is 13. The Hall–Kier alpha value is -7.59. The molecule has 0 radical (unpaired) electrons. The number of unbranched alkanes of at least 4 members (excludes halogenated alkanes) is 1. The standard InChI is InChI=1S/C52H76N14O12S/c53-43(67)28-57-20-22-64(31-45(55)69)23-24-65(32-46(56)70)38(27-58-29-44(54)68)25-33-10-14-37(15-11-33)61-52(79)60-26-34-8-12-36(13-9-34)48(73)66(30-42-39-6-2-1-5-35(39)18-19-59-42)21-4-3-7-40(49(74)75)62-51(78)63-41(50(76)77)16-17-47(71)72/h1-2,5-6,10-11,14-15,18-19,34,36,38,40-41,57-58H,3-4,7-9,12-13,16-17,20-32H2,(H2,53,67)(H2,54,68)(H2,55,69)(H2,56,70)(H,71,72)(H,74,75)(H,76,77)(H2,60,61,79)(H2,62,63,78)/t34?,36?,38?,40-,41-/m1/s1. The third kappa shape index (κ3) is 24.3. The molecule has 432 valence electrons. The SMILES string of the molecule is NC(=O)CNCCN(CCN(CC(N)=O)C(CNCC(N)=O)Cc1ccc(NC(=S)NCC2CCC(C(=O)N(CCCC[C@@H](NC(=O)N[C@H](CCC(=O)O)C(=O)O)C(=O)O)Cc3nccc4ccccc34)CC2)cc1)CC(N)=O. The van der Waals surface area contributed by atoms with Gasteiger partial charge in [-0.05, 0) is 105 Å². The number of nitrogens with zero attached hydrogens (tertiary/aromatic N) is 4. The summed E-state index contributed by atoms with van der Waals surface area (Å²) in [4.78, 5) is 119. The van der Waals surface area contributed by atoms with E-state index in [1.54, 1.807) is 16.0 Å². The van der Waals surface area contributed by atoms with Gasteiger partial charge in [-0.1, -0.05) is 36.4 Å². The van der Waals surface area contributed by atoms with Crippen LogP contribution in [0.15, 0.2) is 60.8 Å². The summed E-state index contributed by atoms with van der Waals surface area (Å²) in [6.07, 6.45) is 4.67. The Balaban J connectivity index is 1.32. The molecule has 0 spiro atoms. The number of pyridine rings is 1. The number of urea groups is 1. The molecule has 0 aliphatic heterocycles. The second kappa shape index (κ2) is 33.6. The molecule has 7 amide bonds. The van der Waals surface area contributed by atoms with Crippen LogP contribution in [0.25, 0.3) is 10.8 Å². The van der Waals surface area contributed by atoms with Gasteiger partial charge in [0.15, 0.2) is 5.11 Å². The zero-order valence-electron chi connectivity index (χ0n) is 44.2. The van der Waals surface area contributed by atoms with Crippen LogP contribution in [0.2, 0.25) is 0 Å². The molecule has 1 aliphatic carbocycles. The fraction of sp³-hybridized carbons (Fsp3) is 0.519. The molecule has 1 unspecified atom stereocenters. The number of carbonyl (C=O) groups is 9. The highest BCUT2D eigenvalue weighted by Gasteiger charge is 2.31. The Labute approximate surface area is 463 Å². The van der Waals surface area contributed by atoms with Crippen LogP contribution in [0.1, 0.15) is 69.0 Å². The summed E-state index contributed by atoms with van der Waals surface area (Å²) in [5.41, 5.74) is 24.1. The Morgan fingerprint density at radius 2 is 1.35 bits per heavy atom. The third-order valence-corrected chi connectivity index (χ3v) is 13.7. The number of aromatic nitrogens is 1. The van der Waals surface area contributed by atoms with E-state index in [1.165, 1.54) is 0 Å². The first-order valence-electron chi connectivity index (χ1n) is 26.2. The van der Waals surface area contributed by atoms with Gasteiger partial charge in [0.2, 0.25) is 29.5 Å². The van der Waals surface area contributed by atoms with Gasteiger partial charge in [-0.25, -0.2) is 14.4 Å². The number of rotatable bonds is 37. The van der Waals surface area contributed by atoms with Crippen LogP contribution < -0.4 is 54.8 Å². The van der Waals surface area contributed by atoms with E-state index in [-0.39, 0.29) is 76.0 Å². The topological polar surface area (TPSA) is 413 Å². The highest BCUT2D eigenvalue weighted by molar-refractivity contribution is 7.80. The third-order valence-electron chi connectivity index (χ3n) is 13.4. The van der Waals surface area contributed by atoms with Gasteiger partial charge in [0.25, 0.3) is 0 Å². The van der Waals surface area contributed by atoms with Crippen LogP contribution in [0.3, 0.4) is 0 Å². The summed E-state index contributed by atoms with van der Waals surface area (Å²) in [7, 11) is 0. The summed E-state index contributed by atoms with van der Waals surface area (Å²) in [6.45, 7) is 2.40. The number of anilines is 1. The number of primary amides is 4. The van der Waals surface area contributed by atoms with Gasteiger partial charge < -0.3 is 75.1 Å². The van der Waals surface area contributed by atoms with Crippen LogP contribution in [0.4, 0.5) is 10.5 Å². The molecule has 1 heterocycles. The number of carboxylic acid groups (broad SMARTS) is 3. The van der Waals surface area contributed by atoms with E-state index in [1.807, 2.05) is 59.5 Å². The summed E-state index contributed by atoms with van der Waals surface area (Å²) >= 11 is 5.67. The molecule has 1 fully saturated rings. The largest absolute Gasteiger partial charge is 0.481 e. The molecule has 0 saturated heterocycles. The molecule has 1 aromatic heterocycles. The Morgan fingerprint density at radius 1 is 0.709 bits per heavy atom. The molecule has 0 bridgehead atoms. The lowest BCUT2D eigenvalue weighted by molar-refractivity contribution is -0.141. The van der Waals surface area contributed by atoms with Gasteiger partial charge in [-0.3, -0.25) is 43.6 Å². The number of nitrogens with one attached hydrogen (secondary N) is 6. The first-order chi connectivity index (χ1) is 37.7. The van der Waals surface area contributed by atoms with Gasteiger partial charge in [0, 0.05) is 81.5 Å². The van der Waals surface area contributed by atoms with Crippen molar-refractivity contribution in [1.82, 2.24) is 46.3 Å². The minimum Gasteiger partial charge on any atom is -0.481 e. The highest BCUT2D eigenvalue weighted by atomic mass is 32.1. The maximum atomic E-state index is 14.4. The first-order valence-corrected chi connectivity index (χ1v) is 26.6. The van der Waals surface area contributed by atoms with Gasteiger partial charge in [-0.2, -0.15) is 0 Å². The number of nitrogens with two attached hydrogens (primary N) is 4. The van der Waals surface area contributed by atoms with Gasteiger partial charge in [0.05, 0.1) is 38.4 Å². The molecule has 2 aromatic carbocycles. The van der Waals surface area contributed by atoms with Crippen molar-refractivity contribution in [3.63, 3.8) is 0 Å². The van der Waals surface area contributed by atoms with Crippen molar-refractivity contribution in [3.05, 3.63) is 72.1 Å². The molecule has 26 nitrogen and oxygen atoms in total. The van der Waals surface area contributed by atoms with Crippen molar-refractivity contribution in [2.75, 3.05) is 77.3 Å². The van der Waals surface area contributed by atoms with Crippen molar-refractivity contribution in [1.29, 1.82) is 0 Å². The number of thiocarbonyl (C=S) groups is 1. The van der Waals surface area contributed by atoms with E-state index in [9.17, 15) is 53.4 Å². The van der Waals surface area contributed by atoms with Crippen LogP contribution in [-0.2, 0) is 51.3 Å². The molecule has 27 heteroatoms. The van der Waals surface area contributed by atoms with E-state index in [0.29, 0.717) is 75.6 Å². The molecular formula is C52H76N14O12S. The zero-order chi connectivity index (χ0) is 57.9. The molecule has 17 N–H and O–H groups in total. The van der Waals surface area contributed by atoms with E-state index < -0.39 is 72.5 Å². The monoisotopic (exact) mass is 1120 g/mol. The van der Waals surface area contributed by atoms with Crippen molar-refractivity contribution in [2.45, 2.75) is 88.9 Å². The highest BCUT2D eigenvalue weighted by Crippen LogP contribution is 2.31. The number of aliphatic carboxylic acids is 3. The maximum absolute atomic E-state index is 14.4. The number of carboxylic acids is 3. The number of carbonyl (C=O) groups excluding carboxylic acids is 6. The minimum atomic E-state index is -1.53. The van der Waals surface area contributed by atoms with Crippen molar-refractivity contribution in [2.24, 2.45) is 34.8 Å². The Kier molecular flexibility index (Phi) is 27.2. The van der Waals surface area contributed by atoms with Crippen LogP contribution in [0.5, 0.6) is 0 Å². The van der Waals surface area contributed by atoms with E-state index in [2.05, 4.69) is 36.9 Å². The fourth-order valence-electron chi connectivity index (χ4n) is 9.32. The van der Waals surface area contributed by atoms with E-state index in [4.69, 9.17) is 40.3 Å². The predicted octanol–water partition coefficient (Wildman–Crippen LogP) is -0.767. The number of hydrogen-bond acceptors (Lipinski definition) is 15. The summed E-state index contributed by atoms with van der Waals surface area (Å²) < 4.78 is 0. The molecule has 3 aromatic rings. The Bertz CT molecular complexity index is 2550. The molecule has 3 atom stereocenters. The number of benzene rings is 2. The molecule has 4 rings (SSSR count). The normalized spacial score (nSPS) is 15.3. The second-order valence-electron chi connectivity index (χ2n) is 19.6. The second-order valence-corrected chi connectivity index (χ2v) is 20.0. The van der Waals surface area contributed by atoms with Crippen LogP contribution in [-0.4, -0.2) is 184 Å². The van der Waals surface area contributed by atoms with E-state index in [0.717, 1.165) is 34.9 Å². The summed E-state index contributed by atoms with van der Waals surface area (Å²) in [6, 6.07) is 12.9. The number of fused-ring (bicyclic) bond motifs is 1. The van der Waals surface area contributed by atoms with Crippen LogP contribution in [0, 0.1) is 11.8 Å². The molecule has 1 saturated carbocycles. The zero-order valence-corrected chi connectivity index (χ0v) is 45.1. The number of amides is 7. The molecular weight excluding hydrogens is 1040 g/mol. The van der Waals surface area contributed by atoms with Crippen molar-refractivity contribution < 1.29 is 58.5 Å². The minimum absolute atomic E-state index is 0.0206. The lowest BCUT2D eigenvalue weighted by atomic mass is 9.81. The Morgan fingerprint density at radius 3 is 1.99 bits per heavy atom. The first kappa shape index (κ1) is 63.9. The quantitative estimate of drug-likeness (QED) is 0.0249. The van der Waals surface area contributed by atoms with Crippen molar-refractivity contribution in [3.8, 4) is 0 Å². The maximum Gasteiger partial charge on any atom is 0.326 e. The van der Waals surface area contributed by atoms with Gasteiger partial charge in [0.1, 0.15) is 12.1 Å². The lowest BCUT2D eigenvalue weighted by Gasteiger charge is -2.33. The molecule has 79 heavy (non-hydrogen) atoms. The van der Waals surface area contributed by atoms with Crippen molar-refractivity contribution >= 4 is 87.3 Å².